The number of aromatic nitrogens is 2. The molecule has 138 valence electrons. The van der Waals surface area contributed by atoms with E-state index in [9.17, 15) is 4.79 Å². The zero-order chi connectivity index (χ0) is 18.5. The minimum atomic E-state index is 0.0174. The molecule has 0 radical (unpaired) electrons. The van der Waals surface area contributed by atoms with Gasteiger partial charge < -0.3 is 20.8 Å². The predicted molar refractivity (Wildman–Crippen MR) is 103 cm³/mol. The number of H-pyrrole nitrogens is 1. The van der Waals surface area contributed by atoms with Gasteiger partial charge in [-0.1, -0.05) is 12.1 Å². The van der Waals surface area contributed by atoms with Crippen LogP contribution in [0.2, 0.25) is 0 Å². The van der Waals surface area contributed by atoms with Gasteiger partial charge in [0.05, 0.1) is 10.7 Å². The highest BCUT2D eigenvalue weighted by Crippen LogP contribution is 2.21. The van der Waals surface area contributed by atoms with Crippen molar-refractivity contribution in [1.82, 2.24) is 15.3 Å². The largest absolute Gasteiger partial charge is 0.426 e. The average Bonchev–Trinajstić information content (AvgIpc) is 3.25. The molecule has 1 atom stereocenters. The number of nitrogens with two attached hydrogens (primary N) is 1. The number of Topliss-reactive ketones (excluding diaryl/α,β-unsaturated/α-hetero) is 1. The molecule has 1 saturated heterocycles. The molecule has 6 heteroatoms. The highest BCUT2D eigenvalue weighted by molar-refractivity contribution is 5.95. The minimum Gasteiger partial charge on any atom is -0.426 e. The van der Waals surface area contributed by atoms with Crippen LogP contribution in [0.4, 0.5) is 0 Å². The Balaban J connectivity index is 1.85. The Morgan fingerprint density at radius 3 is 2.96 bits per heavy atom. The van der Waals surface area contributed by atoms with Gasteiger partial charge in [-0.15, -0.1) is 0 Å². The van der Waals surface area contributed by atoms with Crippen molar-refractivity contribution >= 4 is 17.9 Å². The van der Waals surface area contributed by atoms with Crippen molar-refractivity contribution in [3.63, 3.8) is 0 Å². The van der Waals surface area contributed by atoms with Crippen LogP contribution in [0, 0.1) is 12.8 Å². The van der Waals surface area contributed by atoms with Crippen LogP contribution in [0.25, 0.3) is 12.2 Å². The number of benzene rings is 1. The van der Waals surface area contributed by atoms with E-state index in [1.165, 1.54) is 6.42 Å². The zero-order valence-corrected chi connectivity index (χ0v) is 15.3. The first kappa shape index (κ1) is 18.4. The van der Waals surface area contributed by atoms with Gasteiger partial charge in [-0.2, -0.15) is 4.98 Å². The summed E-state index contributed by atoms with van der Waals surface area (Å²) >= 11 is 0. The molecule has 3 rings (SSSR count). The second kappa shape index (κ2) is 8.29. The molecule has 1 fully saturated rings. The lowest BCUT2D eigenvalue weighted by Gasteiger charge is -2.06. The van der Waals surface area contributed by atoms with E-state index < -0.39 is 0 Å². The first-order valence-electron chi connectivity index (χ1n) is 9.03. The van der Waals surface area contributed by atoms with Crippen LogP contribution in [0.3, 0.4) is 0 Å². The molecule has 0 aliphatic carbocycles. The quantitative estimate of drug-likeness (QED) is 0.679. The minimum absolute atomic E-state index is 0.0174. The third-order valence-electron chi connectivity index (χ3n) is 4.67. The molecule has 1 aliphatic heterocycles. The monoisotopic (exact) mass is 354 g/mol. The topological polar surface area (TPSA) is 93.0 Å². The van der Waals surface area contributed by atoms with Crippen molar-refractivity contribution in [3.8, 4) is 11.8 Å². The van der Waals surface area contributed by atoms with Gasteiger partial charge in [0.15, 0.2) is 5.78 Å². The fraction of sp³-hybridized carbons (Fsp3) is 0.400. The number of imidazole rings is 1. The second-order valence-electron chi connectivity index (χ2n) is 6.71. The summed E-state index contributed by atoms with van der Waals surface area (Å²) in [5, 5.41) is 5.10. The van der Waals surface area contributed by atoms with E-state index in [2.05, 4.69) is 21.4 Å². The van der Waals surface area contributed by atoms with Gasteiger partial charge >= 0.3 is 0 Å². The zero-order valence-electron chi connectivity index (χ0n) is 15.3. The third-order valence-corrected chi connectivity index (χ3v) is 4.67. The van der Waals surface area contributed by atoms with Gasteiger partial charge in [-0.05, 0) is 69.5 Å². The van der Waals surface area contributed by atoms with Gasteiger partial charge in [0, 0.05) is 12.1 Å². The first-order valence-corrected chi connectivity index (χ1v) is 9.03. The van der Waals surface area contributed by atoms with E-state index in [0.29, 0.717) is 29.8 Å². The number of aromatic amines is 1. The van der Waals surface area contributed by atoms with Crippen molar-refractivity contribution in [2.75, 3.05) is 19.6 Å². The van der Waals surface area contributed by atoms with Gasteiger partial charge in [0.2, 0.25) is 0 Å². The molecule has 2 heterocycles. The Bertz CT molecular complexity index is 895. The summed E-state index contributed by atoms with van der Waals surface area (Å²) in [5.41, 5.74) is 7.25. The molecule has 26 heavy (non-hydrogen) atoms. The summed E-state index contributed by atoms with van der Waals surface area (Å²) in [6.07, 6.45) is 6.22. The first-order chi connectivity index (χ1) is 12.6. The molecule has 0 saturated carbocycles. The molecule has 2 aromatic rings. The summed E-state index contributed by atoms with van der Waals surface area (Å²) in [7, 11) is 0. The number of nitrogens with zero attached hydrogens (tertiary/aromatic N) is 1. The SMILES string of the molecule is CC(=O)c1cc(Oc2nc(=CCN)c(=CCC3CCNC3)[nH]2)ccc1C. The standard InChI is InChI=1S/C20H26N4O2/c1-13-3-5-16(11-17(13)14(2)25)26-20-23-18(19(24-20)7-9-21)6-4-15-8-10-22-12-15/h3,5-7,11,15,22H,4,8-10,12,21H2,1-2H3,(H,23,24). The van der Waals surface area contributed by atoms with Crippen molar-refractivity contribution < 1.29 is 9.53 Å². The smallest absolute Gasteiger partial charge is 0.300 e. The number of aryl methyl sites for hydroxylation is 1. The maximum atomic E-state index is 11.7. The second-order valence-corrected chi connectivity index (χ2v) is 6.71. The molecule has 6 nitrogen and oxygen atoms in total. The van der Waals surface area contributed by atoms with Crippen LogP contribution in [-0.4, -0.2) is 35.4 Å². The van der Waals surface area contributed by atoms with Gasteiger partial charge in [0.25, 0.3) is 6.01 Å². The number of hydrogen-bond acceptors (Lipinski definition) is 5. The lowest BCUT2D eigenvalue weighted by atomic mass is 10.1. The van der Waals surface area contributed by atoms with Gasteiger partial charge in [-0.25, -0.2) is 0 Å². The summed E-state index contributed by atoms with van der Waals surface area (Å²) in [6, 6.07) is 5.87. The highest BCUT2D eigenvalue weighted by Gasteiger charge is 2.13. The van der Waals surface area contributed by atoms with E-state index in [4.69, 9.17) is 10.5 Å². The maximum absolute atomic E-state index is 11.7. The molecule has 0 spiro atoms. The number of carbonyl (C=O) groups is 1. The molecule has 0 bridgehead atoms. The Morgan fingerprint density at radius 2 is 2.27 bits per heavy atom. The third kappa shape index (κ3) is 4.39. The van der Waals surface area contributed by atoms with E-state index in [0.717, 1.165) is 35.8 Å². The number of carbonyl (C=O) groups excluding carboxylic acids is 1. The molecule has 1 aliphatic rings. The molecule has 4 N–H and O–H groups in total. The fourth-order valence-electron chi connectivity index (χ4n) is 3.20. The molecule has 1 aromatic heterocycles. The number of ether oxygens (including phenoxy) is 1. The highest BCUT2D eigenvalue weighted by atomic mass is 16.5. The number of rotatable bonds is 6. The Labute approximate surface area is 153 Å². The summed E-state index contributed by atoms with van der Waals surface area (Å²) in [4.78, 5) is 19.4. The molecular weight excluding hydrogens is 328 g/mol. The van der Waals surface area contributed by atoms with E-state index >= 15 is 0 Å². The number of hydrogen-bond donors (Lipinski definition) is 3. The molecule has 1 unspecified atom stereocenters. The van der Waals surface area contributed by atoms with Crippen molar-refractivity contribution in [2.45, 2.75) is 26.7 Å². The Hall–Kier alpha value is -2.44. The predicted octanol–water partition coefficient (Wildman–Crippen LogP) is 1.23. The van der Waals surface area contributed by atoms with Crippen LogP contribution in [0.15, 0.2) is 18.2 Å². The van der Waals surface area contributed by atoms with E-state index in [-0.39, 0.29) is 5.78 Å². The number of nitrogens with one attached hydrogen (secondary N) is 2. The normalized spacial score (nSPS) is 18.5. The average molecular weight is 354 g/mol. The number of ketones is 1. The van der Waals surface area contributed by atoms with Crippen LogP contribution in [-0.2, 0) is 0 Å². The van der Waals surface area contributed by atoms with E-state index in [1.54, 1.807) is 13.0 Å². The Kier molecular flexibility index (Phi) is 5.85. The van der Waals surface area contributed by atoms with Crippen molar-refractivity contribution in [1.29, 1.82) is 0 Å². The molecular formula is C20H26N4O2. The van der Waals surface area contributed by atoms with Crippen LogP contribution in [0.1, 0.15) is 35.7 Å². The summed E-state index contributed by atoms with van der Waals surface area (Å²) in [6.45, 7) is 6.02. The van der Waals surface area contributed by atoms with Gasteiger partial charge in [0.1, 0.15) is 5.75 Å². The molecule has 0 amide bonds. The maximum Gasteiger partial charge on any atom is 0.300 e. The van der Waals surface area contributed by atoms with E-state index in [1.807, 2.05) is 25.1 Å². The molecule has 1 aromatic carbocycles. The lowest BCUT2D eigenvalue weighted by molar-refractivity contribution is 0.101. The van der Waals surface area contributed by atoms with Crippen LogP contribution >= 0.6 is 0 Å². The van der Waals surface area contributed by atoms with Crippen LogP contribution in [0.5, 0.6) is 11.8 Å². The summed E-state index contributed by atoms with van der Waals surface area (Å²) in [5.74, 6) is 1.26. The van der Waals surface area contributed by atoms with Crippen molar-refractivity contribution in [2.24, 2.45) is 11.7 Å². The van der Waals surface area contributed by atoms with Crippen LogP contribution < -0.4 is 26.5 Å². The fourth-order valence-corrected chi connectivity index (χ4v) is 3.20. The van der Waals surface area contributed by atoms with Crippen molar-refractivity contribution in [3.05, 3.63) is 40.0 Å². The van der Waals surface area contributed by atoms with Gasteiger partial charge in [-0.3, -0.25) is 4.79 Å². The summed E-state index contributed by atoms with van der Waals surface area (Å²) < 4.78 is 5.85. The Morgan fingerprint density at radius 1 is 1.42 bits per heavy atom. The lowest BCUT2D eigenvalue weighted by Crippen LogP contribution is -2.26.